The molecule has 1 aromatic heterocycles. The summed E-state index contributed by atoms with van der Waals surface area (Å²) in [5.41, 5.74) is 2.60. The van der Waals surface area contributed by atoms with Crippen molar-refractivity contribution in [2.24, 2.45) is 5.92 Å². The van der Waals surface area contributed by atoms with Crippen molar-refractivity contribution in [3.05, 3.63) is 48.3 Å². The number of aromatic nitrogens is 1. The van der Waals surface area contributed by atoms with E-state index in [1.807, 2.05) is 0 Å². The molecule has 0 radical (unpaired) electrons. The Kier molecular flexibility index (Phi) is 4.19. The zero-order valence-electron chi connectivity index (χ0n) is 13.5. The summed E-state index contributed by atoms with van der Waals surface area (Å²) >= 11 is 0. The molecule has 2 aromatic carbocycles. The number of ether oxygens (including phenoxy) is 1. The number of hydrogen-bond donors (Lipinski definition) is 1. The maximum Gasteiger partial charge on any atom is 0.229 e. The van der Waals surface area contributed by atoms with Crippen molar-refractivity contribution >= 4 is 22.7 Å². The third-order valence-corrected chi connectivity index (χ3v) is 4.28. The van der Waals surface area contributed by atoms with E-state index in [1.165, 1.54) is 12.1 Å². The fourth-order valence-corrected chi connectivity index (χ4v) is 2.91. The fourth-order valence-electron chi connectivity index (χ4n) is 2.91. The van der Waals surface area contributed by atoms with Crippen molar-refractivity contribution in [2.75, 3.05) is 18.5 Å². The van der Waals surface area contributed by atoms with E-state index in [2.05, 4.69) is 10.3 Å². The minimum atomic E-state index is -0.309. The second-order valence-corrected chi connectivity index (χ2v) is 6.11. The molecule has 1 fully saturated rings. The van der Waals surface area contributed by atoms with Gasteiger partial charge in [-0.15, -0.1) is 0 Å². The summed E-state index contributed by atoms with van der Waals surface area (Å²) in [6, 6.07) is 11.3. The molecule has 1 saturated heterocycles. The largest absolute Gasteiger partial charge is 0.436 e. The van der Waals surface area contributed by atoms with Gasteiger partial charge in [0.25, 0.3) is 0 Å². The van der Waals surface area contributed by atoms with E-state index in [-0.39, 0.29) is 17.6 Å². The van der Waals surface area contributed by atoms with Gasteiger partial charge in [-0.05, 0) is 49.2 Å². The highest BCUT2D eigenvalue weighted by Crippen LogP contribution is 2.27. The van der Waals surface area contributed by atoms with Gasteiger partial charge >= 0.3 is 0 Å². The van der Waals surface area contributed by atoms with E-state index < -0.39 is 0 Å². The monoisotopic (exact) mass is 340 g/mol. The minimum Gasteiger partial charge on any atom is -0.436 e. The first-order chi connectivity index (χ1) is 12.2. The second-order valence-electron chi connectivity index (χ2n) is 6.11. The van der Waals surface area contributed by atoms with Crippen molar-refractivity contribution in [3.63, 3.8) is 0 Å². The SMILES string of the molecule is O=C(Nc1ccc2nc(-c3ccc(F)cc3)oc2c1)C1CCCOC1. The lowest BCUT2D eigenvalue weighted by Crippen LogP contribution is -2.30. The summed E-state index contributed by atoms with van der Waals surface area (Å²) in [5.74, 6) is -0.0537. The molecule has 25 heavy (non-hydrogen) atoms. The molecule has 0 aliphatic carbocycles. The molecule has 1 unspecified atom stereocenters. The quantitative estimate of drug-likeness (QED) is 0.783. The lowest BCUT2D eigenvalue weighted by Gasteiger charge is -2.21. The van der Waals surface area contributed by atoms with Crippen LogP contribution in [0.1, 0.15) is 12.8 Å². The Morgan fingerprint density at radius 2 is 2.04 bits per heavy atom. The van der Waals surface area contributed by atoms with Gasteiger partial charge in [-0.25, -0.2) is 9.37 Å². The maximum absolute atomic E-state index is 13.0. The minimum absolute atomic E-state index is 0.0441. The van der Waals surface area contributed by atoms with Gasteiger partial charge < -0.3 is 14.5 Å². The molecule has 1 aliphatic rings. The molecule has 6 heteroatoms. The number of carbonyl (C=O) groups excluding carboxylic acids is 1. The molecule has 0 bridgehead atoms. The van der Waals surface area contributed by atoms with Crippen LogP contribution in [-0.2, 0) is 9.53 Å². The molecule has 1 amide bonds. The Hall–Kier alpha value is -2.73. The van der Waals surface area contributed by atoms with Crippen LogP contribution in [0.5, 0.6) is 0 Å². The first-order valence-corrected chi connectivity index (χ1v) is 8.24. The number of carbonyl (C=O) groups is 1. The summed E-state index contributed by atoms with van der Waals surface area (Å²) in [7, 11) is 0. The lowest BCUT2D eigenvalue weighted by atomic mass is 10.0. The van der Waals surface area contributed by atoms with Crippen LogP contribution in [0.25, 0.3) is 22.6 Å². The van der Waals surface area contributed by atoms with Crippen LogP contribution in [0, 0.1) is 11.7 Å². The molecule has 2 heterocycles. The maximum atomic E-state index is 13.0. The number of fused-ring (bicyclic) bond motifs is 1. The number of nitrogens with zero attached hydrogens (tertiary/aromatic N) is 1. The zero-order valence-corrected chi connectivity index (χ0v) is 13.5. The molecule has 1 atom stereocenters. The van der Waals surface area contributed by atoms with Crippen molar-refractivity contribution < 1.29 is 18.3 Å². The average molecular weight is 340 g/mol. The molecule has 4 rings (SSSR count). The Morgan fingerprint density at radius 1 is 1.20 bits per heavy atom. The van der Waals surface area contributed by atoms with Crippen LogP contribution in [0.3, 0.4) is 0 Å². The summed E-state index contributed by atoms with van der Waals surface area (Å²) < 4.78 is 24.1. The molecule has 5 nitrogen and oxygen atoms in total. The van der Waals surface area contributed by atoms with Crippen LogP contribution in [0.15, 0.2) is 46.9 Å². The third-order valence-electron chi connectivity index (χ3n) is 4.28. The van der Waals surface area contributed by atoms with Crippen LogP contribution < -0.4 is 5.32 Å². The first-order valence-electron chi connectivity index (χ1n) is 8.24. The summed E-state index contributed by atoms with van der Waals surface area (Å²) in [6.07, 6.45) is 1.74. The molecule has 3 aromatic rings. The number of halogens is 1. The fraction of sp³-hybridized carbons (Fsp3) is 0.263. The van der Waals surface area contributed by atoms with Crippen LogP contribution in [0.4, 0.5) is 10.1 Å². The molecular weight excluding hydrogens is 323 g/mol. The van der Waals surface area contributed by atoms with Crippen molar-refractivity contribution in [3.8, 4) is 11.5 Å². The highest BCUT2D eigenvalue weighted by Gasteiger charge is 2.22. The smallest absolute Gasteiger partial charge is 0.229 e. The highest BCUT2D eigenvalue weighted by molar-refractivity contribution is 5.94. The van der Waals surface area contributed by atoms with Crippen LogP contribution in [0.2, 0.25) is 0 Å². The van der Waals surface area contributed by atoms with Gasteiger partial charge in [0.15, 0.2) is 5.58 Å². The number of nitrogens with one attached hydrogen (secondary N) is 1. The predicted molar refractivity (Wildman–Crippen MR) is 91.6 cm³/mol. The van der Waals surface area contributed by atoms with E-state index in [1.54, 1.807) is 30.3 Å². The number of rotatable bonds is 3. The predicted octanol–water partition coefficient (Wildman–Crippen LogP) is 4.00. The number of oxazole rings is 1. The molecule has 1 N–H and O–H groups in total. The summed E-state index contributed by atoms with van der Waals surface area (Å²) in [5, 5.41) is 2.90. The molecule has 1 aliphatic heterocycles. The van der Waals surface area contributed by atoms with E-state index in [4.69, 9.17) is 9.15 Å². The Bertz CT molecular complexity index is 899. The van der Waals surface area contributed by atoms with Gasteiger partial charge in [0.1, 0.15) is 11.3 Å². The van der Waals surface area contributed by atoms with Gasteiger partial charge in [-0.1, -0.05) is 0 Å². The number of hydrogen-bond acceptors (Lipinski definition) is 4. The second kappa shape index (κ2) is 6.64. The molecular formula is C19H17FN2O3. The summed E-state index contributed by atoms with van der Waals surface area (Å²) in [4.78, 5) is 16.7. The summed E-state index contributed by atoms with van der Waals surface area (Å²) in [6.45, 7) is 1.19. The number of amides is 1. The average Bonchev–Trinajstić information content (AvgIpc) is 3.06. The van der Waals surface area contributed by atoms with E-state index in [0.29, 0.717) is 34.8 Å². The van der Waals surface area contributed by atoms with Gasteiger partial charge in [-0.2, -0.15) is 0 Å². The molecule has 0 saturated carbocycles. The topological polar surface area (TPSA) is 64.4 Å². The van der Waals surface area contributed by atoms with E-state index in [9.17, 15) is 9.18 Å². The van der Waals surface area contributed by atoms with Gasteiger partial charge in [0.2, 0.25) is 11.8 Å². The Labute approximate surface area is 143 Å². The van der Waals surface area contributed by atoms with E-state index in [0.717, 1.165) is 19.4 Å². The third kappa shape index (κ3) is 3.39. The Balaban J connectivity index is 1.55. The van der Waals surface area contributed by atoms with Crippen molar-refractivity contribution in [1.29, 1.82) is 0 Å². The van der Waals surface area contributed by atoms with Crippen molar-refractivity contribution in [1.82, 2.24) is 4.98 Å². The van der Waals surface area contributed by atoms with Crippen LogP contribution in [-0.4, -0.2) is 24.1 Å². The standard InChI is InChI=1S/C19H17FN2O3/c20-14-5-3-12(4-6-14)19-22-16-8-7-15(10-17(16)25-19)21-18(23)13-2-1-9-24-11-13/h3-8,10,13H,1-2,9,11H2,(H,21,23). The van der Waals surface area contributed by atoms with Crippen molar-refractivity contribution in [2.45, 2.75) is 12.8 Å². The normalized spacial score (nSPS) is 17.6. The number of anilines is 1. The molecule has 128 valence electrons. The lowest BCUT2D eigenvalue weighted by molar-refractivity contribution is -0.123. The molecule has 0 spiro atoms. The highest BCUT2D eigenvalue weighted by atomic mass is 19.1. The van der Waals surface area contributed by atoms with Gasteiger partial charge in [0.05, 0.1) is 12.5 Å². The van der Waals surface area contributed by atoms with E-state index >= 15 is 0 Å². The van der Waals surface area contributed by atoms with Gasteiger partial charge in [0, 0.05) is 23.9 Å². The first kappa shape index (κ1) is 15.8. The van der Waals surface area contributed by atoms with Gasteiger partial charge in [-0.3, -0.25) is 4.79 Å². The van der Waals surface area contributed by atoms with Crippen LogP contribution >= 0.6 is 0 Å². The Morgan fingerprint density at radius 3 is 2.80 bits per heavy atom. The zero-order chi connectivity index (χ0) is 17.2. The number of benzene rings is 2.